The van der Waals surface area contributed by atoms with Crippen LogP contribution in [-0.2, 0) is 13.0 Å². The lowest BCUT2D eigenvalue weighted by Gasteiger charge is -2.31. The van der Waals surface area contributed by atoms with Crippen LogP contribution in [0.1, 0.15) is 40.3 Å². The van der Waals surface area contributed by atoms with Gasteiger partial charge in [0, 0.05) is 11.1 Å². The molecule has 1 atom stereocenters. The highest BCUT2D eigenvalue weighted by atomic mass is 32.1. The number of allylic oxidation sites excluding steroid dienone is 1. The van der Waals surface area contributed by atoms with Crippen molar-refractivity contribution in [2.75, 3.05) is 14.2 Å². The molecule has 7 rings (SSSR count). The number of benzene rings is 4. The number of thiazole rings is 1. The summed E-state index contributed by atoms with van der Waals surface area (Å²) < 4.78 is 33.5. The first-order valence-corrected chi connectivity index (χ1v) is 15.2. The lowest BCUT2D eigenvalue weighted by Crippen LogP contribution is -2.38. The molecule has 1 unspecified atom stereocenters. The Morgan fingerprint density at radius 2 is 1.77 bits per heavy atom. The van der Waals surface area contributed by atoms with Crippen LogP contribution in [0.5, 0.6) is 17.2 Å². The molecule has 6 nitrogen and oxygen atoms in total. The Kier molecular flexibility index (Phi) is 7.36. The SMILES string of the molecule is COc1cccc(C2C3=C(N=c4sc(=Cc5ccc(OCc6ccccc6F)c(OC)c5)c(=O)n42)c2ccccc2CC3)c1. The van der Waals surface area contributed by atoms with Crippen molar-refractivity contribution in [3.8, 4) is 17.2 Å². The van der Waals surface area contributed by atoms with Crippen molar-refractivity contribution in [2.24, 2.45) is 4.99 Å². The Morgan fingerprint density at radius 3 is 2.61 bits per heavy atom. The van der Waals surface area contributed by atoms with Gasteiger partial charge in [0.15, 0.2) is 16.3 Å². The normalized spacial score (nSPS) is 15.6. The zero-order valence-electron chi connectivity index (χ0n) is 24.2. The molecule has 1 aliphatic heterocycles. The molecule has 4 aromatic carbocycles. The predicted molar refractivity (Wildman–Crippen MR) is 169 cm³/mol. The van der Waals surface area contributed by atoms with Gasteiger partial charge in [-0.15, -0.1) is 0 Å². The Hall–Kier alpha value is -4.95. The summed E-state index contributed by atoms with van der Waals surface area (Å²) in [5.74, 6) is 1.39. The predicted octanol–water partition coefficient (Wildman–Crippen LogP) is 6.05. The van der Waals surface area contributed by atoms with Crippen molar-refractivity contribution in [3.63, 3.8) is 0 Å². The van der Waals surface area contributed by atoms with Crippen molar-refractivity contribution >= 4 is 23.1 Å². The fraction of sp³-hybridized carbons (Fsp3) is 0.167. The molecular formula is C36H29FN2O4S. The van der Waals surface area contributed by atoms with Gasteiger partial charge in [-0.25, -0.2) is 9.38 Å². The molecule has 5 aromatic rings. The van der Waals surface area contributed by atoms with E-state index >= 15 is 0 Å². The number of aromatic nitrogens is 1. The maximum atomic E-state index is 14.1. The Labute approximate surface area is 257 Å². The number of fused-ring (bicyclic) bond motifs is 3. The van der Waals surface area contributed by atoms with Gasteiger partial charge in [-0.05, 0) is 71.5 Å². The molecule has 0 spiro atoms. The first-order valence-electron chi connectivity index (χ1n) is 14.4. The number of ether oxygens (including phenoxy) is 3. The van der Waals surface area contributed by atoms with E-state index in [1.54, 1.807) is 38.5 Å². The monoisotopic (exact) mass is 604 g/mol. The Balaban J connectivity index is 1.32. The third-order valence-electron chi connectivity index (χ3n) is 8.11. The summed E-state index contributed by atoms with van der Waals surface area (Å²) in [5.41, 5.74) is 6.58. The van der Waals surface area contributed by atoms with Crippen LogP contribution < -0.4 is 29.1 Å². The van der Waals surface area contributed by atoms with Crippen LogP contribution in [0.25, 0.3) is 11.8 Å². The number of nitrogens with zero attached hydrogens (tertiary/aromatic N) is 2. The lowest BCUT2D eigenvalue weighted by molar-refractivity contribution is 0.279. The largest absolute Gasteiger partial charge is 0.497 e. The summed E-state index contributed by atoms with van der Waals surface area (Å²) >= 11 is 1.37. The minimum Gasteiger partial charge on any atom is -0.497 e. The summed E-state index contributed by atoms with van der Waals surface area (Å²) in [4.78, 5) is 19.9. The maximum absolute atomic E-state index is 14.1. The number of rotatable bonds is 7. The molecule has 0 amide bonds. The van der Waals surface area contributed by atoms with Gasteiger partial charge in [-0.1, -0.05) is 72.0 Å². The molecule has 0 bridgehead atoms. The summed E-state index contributed by atoms with van der Waals surface area (Å²) in [5, 5.41) is 0. The van der Waals surface area contributed by atoms with E-state index in [1.807, 2.05) is 53.1 Å². The van der Waals surface area contributed by atoms with E-state index in [1.165, 1.54) is 23.0 Å². The smallest absolute Gasteiger partial charge is 0.271 e. The zero-order chi connectivity index (χ0) is 30.2. The highest BCUT2D eigenvalue weighted by Gasteiger charge is 2.32. The molecule has 1 aromatic heterocycles. The van der Waals surface area contributed by atoms with E-state index in [-0.39, 0.29) is 24.0 Å². The Morgan fingerprint density at radius 1 is 0.932 bits per heavy atom. The van der Waals surface area contributed by atoms with Crippen LogP contribution in [0, 0.1) is 5.82 Å². The van der Waals surface area contributed by atoms with E-state index in [4.69, 9.17) is 19.2 Å². The minimum absolute atomic E-state index is 0.0685. The molecule has 0 radical (unpaired) electrons. The highest BCUT2D eigenvalue weighted by molar-refractivity contribution is 7.07. The molecule has 2 heterocycles. The average molecular weight is 605 g/mol. The van der Waals surface area contributed by atoms with Gasteiger partial charge in [0.2, 0.25) is 0 Å². The van der Waals surface area contributed by atoms with Crippen molar-refractivity contribution in [3.05, 3.63) is 150 Å². The zero-order valence-corrected chi connectivity index (χ0v) is 25.1. The minimum atomic E-state index is -0.323. The summed E-state index contributed by atoms with van der Waals surface area (Å²) in [6.07, 6.45) is 3.56. The second-order valence-electron chi connectivity index (χ2n) is 10.7. The van der Waals surface area contributed by atoms with Gasteiger partial charge in [-0.3, -0.25) is 9.36 Å². The average Bonchev–Trinajstić information content (AvgIpc) is 3.37. The van der Waals surface area contributed by atoms with E-state index in [2.05, 4.69) is 18.2 Å². The number of aryl methyl sites for hydroxylation is 1. The van der Waals surface area contributed by atoms with Crippen LogP contribution >= 0.6 is 11.3 Å². The van der Waals surface area contributed by atoms with E-state index in [9.17, 15) is 9.18 Å². The molecule has 2 aliphatic rings. The van der Waals surface area contributed by atoms with Gasteiger partial charge in [-0.2, -0.15) is 0 Å². The highest BCUT2D eigenvalue weighted by Crippen LogP contribution is 2.41. The van der Waals surface area contributed by atoms with Gasteiger partial charge in [0.1, 0.15) is 18.2 Å². The fourth-order valence-corrected chi connectivity index (χ4v) is 6.95. The molecule has 44 heavy (non-hydrogen) atoms. The van der Waals surface area contributed by atoms with Crippen LogP contribution in [-0.4, -0.2) is 18.8 Å². The molecular weight excluding hydrogens is 575 g/mol. The second-order valence-corrected chi connectivity index (χ2v) is 11.7. The topological polar surface area (TPSA) is 62.0 Å². The van der Waals surface area contributed by atoms with Crippen molar-refractivity contribution in [2.45, 2.75) is 25.5 Å². The van der Waals surface area contributed by atoms with Gasteiger partial charge in [0.25, 0.3) is 5.56 Å². The van der Waals surface area contributed by atoms with Crippen LogP contribution in [0.15, 0.2) is 106 Å². The standard InChI is InChI=1S/C36H29FN2O4S/c1-41-26-11-7-10-24(20-26)34-28-16-15-23-8-3-5-12-27(23)33(28)38-36-39(34)35(40)32(44-36)19-22-14-17-30(31(18-22)42-2)43-21-25-9-4-6-13-29(25)37/h3-14,17-20,34H,15-16,21H2,1-2H3. The first kappa shape index (κ1) is 27.9. The van der Waals surface area contributed by atoms with Crippen molar-refractivity contribution in [1.82, 2.24) is 4.57 Å². The molecule has 8 heteroatoms. The number of halogens is 1. The fourth-order valence-electron chi connectivity index (χ4n) is 5.95. The van der Waals surface area contributed by atoms with Crippen LogP contribution in [0.2, 0.25) is 0 Å². The lowest BCUT2D eigenvalue weighted by atomic mass is 9.83. The van der Waals surface area contributed by atoms with Gasteiger partial charge < -0.3 is 14.2 Å². The second kappa shape index (κ2) is 11.6. The number of hydrogen-bond donors (Lipinski definition) is 0. The third-order valence-corrected chi connectivity index (χ3v) is 9.09. The number of methoxy groups -OCH3 is 2. The summed E-state index contributed by atoms with van der Waals surface area (Å²) in [6, 6.07) is 28.0. The molecule has 220 valence electrons. The van der Waals surface area contributed by atoms with E-state index < -0.39 is 0 Å². The number of hydrogen-bond acceptors (Lipinski definition) is 6. The quantitative estimate of drug-likeness (QED) is 0.227. The van der Waals surface area contributed by atoms with Crippen molar-refractivity contribution < 1.29 is 18.6 Å². The molecule has 0 saturated carbocycles. The summed E-state index contributed by atoms with van der Waals surface area (Å²) in [7, 11) is 3.20. The molecule has 0 fully saturated rings. The van der Waals surface area contributed by atoms with Crippen LogP contribution in [0.4, 0.5) is 4.39 Å². The molecule has 0 N–H and O–H groups in total. The van der Waals surface area contributed by atoms with Crippen LogP contribution in [0.3, 0.4) is 0 Å². The van der Waals surface area contributed by atoms with Gasteiger partial charge in [0.05, 0.1) is 30.5 Å². The summed E-state index contributed by atoms with van der Waals surface area (Å²) in [6.45, 7) is 0.0685. The first-order chi connectivity index (χ1) is 21.5. The maximum Gasteiger partial charge on any atom is 0.271 e. The Bertz CT molecular complexity index is 2110. The molecule has 1 aliphatic carbocycles. The third kappa shape index (κ3) is 5.01. The van der Waals surface area contributed by atoms with E-state index in [0.29, 0.717) is 26.4 Å². The van der Waals surface area contributed by atoms with Gasteiger partial charge >= 0.3 is 0 Å². The van der Waals surface area contributed by atoms with E-state index in [0.717, 1.165) is 46.6 Å². The molecule has 0 saturated heterocycles. The van der Waals surface area contributed by atoms with Crippen molar-refractivity contribution in [1.29, 1.82) is 0 Å².